The second-order valence-electron chi connectivity index (χ2n) is 2.93. The highest BCUT2D eigenvalue weighted by molar-refractivity contribution is 6.01. The summed E-state index contributed by atoms with van der Waals surface area (Å²) in [6.45, 7) is 3.69. The SMILES string of the molecule is CCC(=O)C1=CC=CC1=C(O)CC. The molecule has 0 aromatic carbocycles. The number of allylic oxidation sites excluding steroid dienone is 6. The molecule has 1 aliphatic carbocycles. The van der Waals surface area contributed by atoms with E-state index in [2.05, 4.69) is 0 Å². The summed E-state index contributed by atoms with van der Waals surface area (Å²) in [4.78, 5) is 11.4. The van der Waals surface area contributed by atoms with Crippen LogP contribution in [0.25, 0.3) is 0 Å². The summed E-state index contributed by atoms with van der Waals surface area (Å²) >= 11 is 0. The Labute approximate surface area is 78.3 Å². The quantitative estimate of drug-likeness (QED) is 0.674. The van der Waals surface area contributed by atoms with E-state index in [1.165, 1.54) is 0 Å². The average Bonchev–Trinajstić information content (AvgIpc) is 2.63. The Kier molecular flexibility index (Phi) is 3.07. The number of carbonyl (C=O) groups excluding carboxylic acids is 1. The highest BCUT2D eigenvalue weighted by Crippen LogP contribution is 2.23. The van der Waals surface area contributed by atoms with Crippen LogP contribution >= 0.6 is 0 Å². The molecule has 2 heteroatoms. The minimum atomic E-state index is 0.0833. The van der Waals surface area contributed by atoms with Crippen molar-refractivity contribution in [3.05, 3.63) is 35.1 Å². The van der Waals surface area contributed by atoms with Gasteiger partial charge in [0.05, 0.1) is 5.76 Å². The number of hydrogen-bond donors (Lipinski definition) is 1. The molecule has 0 aromatic heterocycles. The van der Waals surface area contributed by atoms with Gasteiger partial charge in [-0.15, -0.1) is 0 Å². The number of carbonyl (C=O) groups is 1. The van der Waals surface area contributed by atoms with E-state index in [9.17, 15) is 9.90 Å². The maximum atomic E-state index is 11.4. The van der Waals surface area contributed by atoms with Crippen molar-refractivity contribution < 1.29 is 9.90 Å². The van der Waals surface area contributed by atoms with E-state index >= 15 is 0 Å². The van der Waals surface area contributed by atoms with Gasteiger partial charge in [0.1, 0.15) is 0 Å². The zero-order valence-electron chi connectivity index (χ0n) is 8.00. The molecule has 0 aliphatic heterocycles. The summed E-state index contributed by atoms with van der Waals surface area (Å²) in [6.07, 6.45) is 6.38. The number of Topliss-reactive ketones (excluding diaryl/α,β-unsaturated/α-hetero) is 1. The molecule has 0 fully saturated rings. The van der Waals surface area contributed by atoms with Gasteiger partial charge in [-0.2, -0.15) is 0 Å². The molecule has 0 spiro atoms. The molecule has 2 nitrogen and oxygen atoms in total. The smallest absolute Gasteiger partial charge is 0.163 e. The highest BCUT2D eigenvalue weighted by atomic mass is 16.3. The van der Waals surface area contributed by atoms with Crippen LogP contribution < -0.4 is 0 Å². The van der Waals surface area contributed by atoms with Crippen molar-refractivity contribution in [3.8, 4) is 0 Å². The number of rotatable bonds is 3. The highest BCUT2D eigenvalue weighted by Gasteiger charge is 2.16. The molecular weight excluding hydrogens is 164 g/mol. The Bertz CT molecular complexity index is 306. The number of ketones is 1. The van der Waals surface area contributed by atoms with Gasteiger partial charge in [-0.25, -0.2) is 0 Å². The van der Waals surface area contributed by atoms with Gasteiger partial charge >= 0.3 is 0 Å². The average molecular weight is 178 g/mol. The van der Waals surface area contributed by atoms with Crippen molar-refractivity contribution in [2.24, 2.45) is 0 Å². The zero-order valence-corrected chi connectivity index (χ0v) is 8.00. The summed E-state index contributed by atoms with van der Waals surface area (Å²) in [5.74, 6) is 0.377. The monoisotopic (exact) mass is 178 g/mol. The van der Waals surface area contributed by atoms with Crippen LogP contribution in [-0.4, -0.2) is 10.9 Å². The number of hydrogen-bond acceptors (Lipinski definition) is 2. The van der Waals surface area contributed by atoms with Gasteiger partial charge in [-0.3, -0.25) is 4.79 Å². The molecule has 0 atom stereocenters. The van der Waals surface area contributed by atoms with Gasteiger partial charge in [-0.1, -0.05) is 32.1 Å². The van der Waals surface area contributed by atoms with Crippen molar-refractivity contribution in [1.82, 2.24) is 0 Å². The molecule has 0 heterocycles. The van der Waals surface area contributed by atoms with Crippen LogP contribution in [0.2, 0.25) is 0 Å². The van der Waals surface area contributed by atoms with E-state index in [0.717, 1.165) is 0 Å². The summed E-state index contributed by atoms with van der Waals surface area (Å²) < 4.78 is 0. The molecule has 0 saturated carbocycles. The van der Waals surface area contributed by atoms with E-state index in [1.54, 1.807) is 18.2 Å². The second-order valence-corrected chi connectivity index (χ2v) is 2.93. The van der Waals surface area contributed by atoms with Gasteiger partial charge in [0.25, 0.3) is 0 Å². The molecule has 0 radical (unpaired) electrons. The van der Waals surface area contributed by atoms with Crippen molar-refractivity contribution in [2.75, 3.05) is 0 Å². The maximum Gasteiger partial charge on any atom is 0.163 e. The Morgan fingerprint density at radius 2 is 2.08 bits per heavy atom. The molecule has 1 N–H and O–H groups in total. The fraction of sp³-hybridized carbons (Fsp3) is 0.364. The van der Waals surface area contributed by atoms with E-state index in [-0.39, 0.29) is 5.78 Å². The standard InChI is InChI=1S/C11H14O2/c1-3-10(12)8-6-5-7-9(8)11(13)4-2/h5-7,12H,3-4H2,1-2H3. The van der Waals surface area contributed by atoms with Crippen molar-refractivity contribution in [1.29, 1.82) is 0 Å². The predicted octanol–water partition coefficient (Wildman–Crippen LogP) is 2.68. The number of aliphatic hydroxyl groups is 1. The molecule has 70 valence electrons. The third-order valence-electron chi connectivity index (χ3n) is 2.08. The molecule has 0 amide bonds. The van der Waals surface area contributed by atoms with Gasteiger partial charge in [0.2, 0.25) is 0 Å². The van der Waals surface area contributed by atoms with Crippen LogP contribution in [0.4, 0.5) is 0 Å². The molecule has 0 unspecified atom stereocenters. The summed E-state index contributed by atoms with van der Waals surface area (Å²) in [6, 6.07) is 0. The second kappa shape index (κ2) is 4.08. The van der Waals surface area contributed by atoms with Gasteiger partial charge in [0, 0.05) is 24.0 Å². The summed E-state index contributed by atoms with van der Waals surface area (Å²) in [7, 11) is 0. The van der Waals surface area contributed by atoms with Crippen LogP contribution in [0, 0.1) is 0 Å². The van der Waals surface area contributed by atoms with Crippen LogP contribution in [0.15, 0.2) is 35.1 Å². The normalized spacial score (nSPS) is 18.8. The lowest BCUT2D eigenvalue weighted by molar-refractivity contribution is -0.115. The van der Waals surface area contributed by atoms with Gasteiger partial charge < -0.3 is 5.11 Å². The largest absolute Gasteiger partial charge is 0.512 e. The van der Waals surface area contributed by atoms with E-state index in [0.29, 0.717) is 29.7 Å². The van der Waals surface area contributed by atoms with Crippen molar-refractivity contribution in [2.45, 2.75) is 26.7 Å². The lowest BCUT2D eigenvalue weighted by Gasteiger charge is -2.04. The first-order valence-corrected chi connectivity index (χ1v) is 4.54. The Morgan fingerprint density at radius 1 is 1.38 bits per heavy atom. The number of aliphatic hydroxyl groups excluding tert-OH is 1. The summed E-state index contributed by atoms with van der Waals surface area (Å²) in [5, 5.41) is 9.51. The van der Waals surface area contributed by atoms with Crippen LogP contribution in [0.3, 0.4) is 0 Å². The topological polar surface area (TPSA) is 37.3 Å². The first-order valence-electron chi connectivity index (χ1n) is 4.54. The molecule has 1 rings (SSSR count). The van der Waals surface area contributed by atoms with Gasteiger partial charge in [0.15, 0.2) is 5.78 Å². The minimum Gasteiger partial charge on any atom is -0.512 e. The zero-order chi connectivity index (χ0) is 9.84. The molecule has 1 aliphatic rings. The first kappa shape index (κ1) is 9.78. The van der Waals surface area contributed by atoms with E-state index in [1.807, 2.05) is 13.8 Å². The first-order chi connectivity index (χ1) is 6.20. The third-order valence-corrected chi connectivity index (χ3v) is 2.08. The van der Waals surface area contributed by atoms with Gasteiger partial charge in [-0.05, 0) is 0 Å². The summed E-state index contributed by atoms with van der Waals surface area (Å²) in [5.41, 5.74) is 1.33. The molecule has 0 bridgehead atoms. The molecule has 0 aromatic rings. The Morgan fingerprint density at radius 3 is 2.62 bits per heavy atom. The third kappa shape index (κ3) is 1.89. The molecule has 0 saturated heterocycles. The maximum absolute atomic E-state index is 11.4. The predicted molar refractivity (Wildman–Crippen MR) is 52.5 cm³/mol. The van der Waals surface area contributed by atoms with Crippen molar-refractivity contribution in [3.63, 3.8) is 0 Å². The molecule has 13 heavy (non-hydrogen) atoms. The van der Waals surface area contributed by atoms with Crippen LogP contribution in [0.1, 0.15) is 26.7 Å². The minimum absolute atomic E-state index is 0.0833. The van der Waals surface area contributed by atoms with Crippen LogP contribution in [0.5, 0.6) is 0 Å². The van der Waals surface area contributed by atoms with E-state index in [4.69, 9.17) is 0 Å². The molecular formula is C11H14O2. The fourth-order valence-corrected chi connectivity index (χ4v) is 1.30. The van der Waals surface area contributed by atoms with E-state index < -0.39 is 0 Å². The fourth-order valence-electron chi connectivity index (χ4n) is 1.30. The lowest BCUT2D eigenvalue weighted by Crippen LogP contribution is -2.02. The van der Waals surface area contributed by atoms with Crippen molar-refractivity contribution >= 4 is 5.78 Å². The Balaban J connectivity index is 2.97. The Hall–Kier alpha value is -1.31. The van der Waals surface area contributed by atoms with Crippen LogP contribution in [-0.2, 0) is 4.79 Å². The lowest BCUT2D eigenvalue weighted by atomic mass is 10.0.